The maximum Gasteiger partial charge on any atom is 0.411 e. The summed E-state index contributed by atoms with van der Waals surface area (Å²) in [5.74, 6) is -2.85. The molecule has 2 aromatic heterocycles. The third kappa shape index (κ3) is 4.93. The van der Waals surface area contributed by atoms with Crippen LogP contribution < -0.4 is 25.8 Å². The van der Waals surface area contributed by atoms with Gasteiger partial charge in [0.2, 0.25) is 0 Å². The number of aromatic nitrogens is 4. The van der Waals surface area contributed by atoms with Crippen LogP contribution in [0.3, 0.4) is 0 Å². The fourth-order valence-corrected chi connectivity index (χ4v) is 4.47. The Balaban J connectivity index is 1.62. The van der Waals surface area contributed by atoms with Crippen LogP contribution in [0.5, 0.6) is 11.5 Å². The van der Waals surface area contributed by atoms with Gasteiger partial charge in [-0.1, -0.05) is 12.6 Å². The van der Waals surface area contributed by atoms with E-state index >= 15 is 0 Å². The van der Waals surface area contributed by atoms with Gasteiger partial charge in [-0.15, -0.1) is 14.8 Å². The number of ether oxygens (including phenoxy) is 2. The van der Waals surface area contributed by atoms with E-state index in [1.807, 2.05) is 0 Å². The van der Waals surface area contributed by atoms with Gasteiger partial charge in [0.1, 0.15) is 34.6 Å². The van der Waals surface area contributed by atoms with Gasteiger partial charge in [0.15, 0.2) is 11.6 Å². The van der Waals surface area contributed by atoms with Crippen molar-refractivity contribution >= 4 is 28.8 Å². The molecule has 4 aromatic rings. The summed E-state index contributed by atoms with van der Waals surface area (Å²) in [5, 5.41) is 13.1. The molecule has 1 fully saturated rings. The molecule has 0 spiro atoms. The highest BCUT2D eigenvalue weighted by molar-refractivity contribution is 6.03. The number of halogens is 4. The number of rotatable bonds is 8. The van der Waals surface area contributed by atoms with Crippen molar-refractivity contribution in [2.45, 2.75) is 24.6 Å². The average Bonchev–Trinajstić information content (AvgIpc) is 3.64. The number of carbonyl (C=O) groups is 2. The molecule has 0 saturated heterocycles. The van der Waals surface area contributed by atoms with Gasteiger partial charge in [-0.05, 0) is 42.7 Å². The number of nitrogen functional groups attached to an aromatic ring is 1. The highest BCUT2D eigenvalue weighted by atomic mass is 19.4. The zero-order valence-corrected chi connectivity index (χ0v) is 22.2. The normalized spacial score (nSPS) is 13.9. The van der Waals surface area contributed by atoms with Gasteiger partial charge in [0.25, 0.3) is 11.8 Å². The van der Waals surface area contributed by atoms with Crippen LogP contribution in [0.15, 0.2) is 55.1 Å². The van der Waals surface area contributed by atoms with Crippen molar-refractivity contribution in [1.82, 2.24) is 25.1 Å². The topological polar surface area (TPSA) is 146 Å². The highest BCUT2D eigenvalue weighted by Crippen LogP contribution is 2.49. The van der Waals surface area contributed by atoms with Crippen molar-refractivity contribution in [2.75, 3.05) is 25.3 Å². The van der Waals surface area contributed by atoms with Gasteiger partial charge in [0.05, 0.1) is 19.8 Å². The molecule has 4 N–H and O–H groups in total. The van der Waals surface area contributed by atoms with Gasteiger partial charge in [0, 0.05) is 22.9 Å². The first-order valence-corrected chi connectivity index (χ1v) is 12.3. The van der Waals surface area contributed by atoms with Gasteiger partial charge in [-0.25, -0.2) is 9.37 Å². The predicted molar refractivity (Wildman–Crippen MR) is 144 cm³/mol. The molecule has 15 heteroatoms. The van der Waals surface area contributed by atoms with E-state index in [0.717, 1.165) is 0 Å². The van der Waals surface area contributed by atoms with Crippen LogP contribution in [0.1, 0.15) is 23.2 Å². The molecule has 0 unspecified atom stereocenters. The minimum atomic E-state index is -4.59. The molecule has 0 atom stereocenters. The lowest BCUT2D eigenvalue weighted by Crippen LogP contribution is -2.47. The first kappa shape index (κ1) is 28.3. The minimum Gasteiger partial charge on any atom is -0.496 e. The molecule has 0 radical (unpaired) electrons. The predicted octanol–water partition coefficient (Wildman–Crippen LogP) is 4.30. The third-order valence-electron chi connectivity index (χ3n) is 6.81. The van der Waals surface area contributed by atoms with E-state index in [2.05, 4.69) is 32.4 Å². The molecule has 1 aliphatic rings. The molecule has 11 nitrogen and oxygen atoms in total. The number of hydrogen-bond donors (Lipinski definition) is 3. The molecule has 2 amide bonds. The Bertz CT molecular complexity index is 1750. The zero-order valence-electron chi connectivity index (χ0n) is 22.2. The number of amides is 2. The van der Waals surface area contributed by atoms with Crippen molar-refractivity contribution in [2.24, 2.45) is 0 Å². The van der Waals surface area contributed by atoms with E-state index in [1.165, 1.54) is 55.5 Å². The average molecular weight is 586 g/mol. The fourth-order valence-electron chi connectivity index (χ4n) is 4.47. The Morgan fingerprint density at radius 2 is 1.81 bits per heavy atom. The quantitative estimate of drug-likeness (QED) is 0.205. The number of carbonyl (C=O) groups excluding carboxylic acids is 2. The van der Waals surface area contributed by atoms with E-state index in [1.54, 1.807) is 6.07 Å². The monoisotopic (exact) mass is 585 g/mol. The van der Waals surface area contributed by atoms with Crippen LogP contribution in [-0.4, -0.2) is 57.6 Å². The maximum absolute atomic E-state index is 13.5. The Morgan fingerprint density at radius 3 is 2.43 bits per heavy atom. The van der Waals surface area contributed by atoms with E-state index in [4.69, 9.17) is 15.2 Å². The molecule has 2 aromatic carbocycles. The van der Waals surface area contributed by atoms with Crippen LogP contribution in [0.25, 0.3) is 27.9 Å². The molecular formula is C27H23F4N7O4. The second kappa shape index (κ2) is 10.3. The SMILES string of the molecule is C=C(F)C(=O)Nc1ccc(-c2nn3ncnc(N)c3c2-c2ccc(C(=O)NC3(C(F)(F)F)CC3)c(OC)c2)c(OC)c1. The van der Waals surface area contributed by atoms with Gasteiger partial charge < -0.3 is 25.8 Å². The van der Waals surface area contributed by atoms with Gasteiger partial charge in [-0.3, -0.25) is 9.59 Å². The van der Waals surface area contributed by atoms with E-state index in [0.29, 0.717) is 22.4 Å². The lowest BCUT2D eigenvalue weighted by molar-refractivity contribution is -0.163. The van der Waals surface area contributed by atoms with Gasteiger partial charge >= 0.3 is 6.18 Å². The molecule has 2 heterocycles. The second-order valence-electron chi connectivity index (χ2n) is 9.43. The summed E-state index contributed by atoms with van der Waals surface area (Å²) in [6.45, 7) is 2.97. The first-order chi connectivity index (χ1) is 19.9. The van der Waals surface area contributed by atoms with Crippen LogP contribution in [0.2, 0.25) is 0 Å². The van der Waals surface area contributed by atoms with Crippen LogP contribution >= 0.6 is 0 Å². The van der Waals surface area contributed by atoms with Crippen molar-refractivity contribution in [1.29, 1.82) is 0 Å². The lowest BCUT2D eigenvalue weighted by atomic mass is 9.97. The number of fused-ring (bicyclic) bond motifs is 1. The largest absolute Gasteiger partial charge is 0.496 e. The number of nitrogens with one attached hydrogen (secondary N) is 2. The number of hydrogen-bond acceptors (Lipinski definition) is 8. The number of methoxy groups -OCH3 is 2. The number of nitrogens with zero attached hydrogens (tertiary/aromatic N) is 4. The maximum atomic E-state index is 13.5. The number of nitrogens with two attached hydrogens (primary N) is 1. The second-order valence-corrected chi connectivity index (χ2v) is 9.43. The first-order valence-electron chi connectivity index (χ1n) is 12.3. The molecule has 1 aliphatic carbocycles. The molecule has 1 saturated carbocycles. The number of alkyl halides is 3. The van der Waals surface area contributed by atoms with Crippen molar-refractivity contribution in [3.8, 4) is 33.9 Å². The summed E-state index contributed by atoms with van der Waals surface area (Å²) in [6.07, 6.45) is -3.80. The van der Waals surface area contributed by atoms with Crippen molar-refractivity contribution in [3.05, 3.63) is 60.7 Å². The molecule has 42 heavy (non-hydrogen) atoms. The van der Waals surface area contributed by atoms with E-state index in [9.17, 15) is 27.2 Å². The third-order valence-corrected chi connectivity index (χ3v) is 6.81. The lowest BCUT2D eigenvalue weighted by Gasteiger charge is -2.21. The molecule has 5 rings (SSSR count). The fraction of sp³-hybridized carbons (Fsp3) is 0.222. The molecule has 0 aliphatic heterocycles. The van der Waals surface area contributed by atoms with Crippen molar-refractivity contribution in [3.63, 3.8) is 0 Å². The molecule has 0 bridgehead atoms. The van der Waals surface area contributed by atoms with Crippen LogP contribution in [0.4, 0.5) is 29.1 Å². The molecular weight excluding hydrogens is 562 g/mol. The summed E-state index contributed by atoms with van der Waals surface area (Å²) in [5.41, 5.74) is 5.84. The van der Waals surface area contributed by atoms with Crippen molar-refractivity contribution < 1.29 is 36.6 Å². The van der Waals surface area contributed by atoms with E-state index in [-0.39, 0.29) is 46.9 Å². The molecule has 218 valence electrons. The Hall–Kier alpha value is -5.21. The highest BCUT2D eigenvalue weighted by Gasteiger charge is 2.64. The summed E-state index contributed by atoms with van der Waals surface area (Å²) in [4.78, 5) is 28.7. The smallest absolute Gasteiger partial charge is 0.411 e. The number of benzene rings is 2. The minimum absolute atomic E-state index is 0.000160. The number of anilines is 2. The summed E-state index contributed by atoms with van der Waals surface area (Å²) in [7, 11) is 2.66. The zero-order chi connectivity index (χ0) is 30.4. The standard InChI is InChI=1S/C27H23F4N7O4/c1-13(28)24(39)35-15-5-7-16(19(11-15)42-3)21-20(22-23(32)33-12-34-38(22)37-21)14-4-6-17(18(10-14)41-2)25(40)36-26(8-9-26)27(29,30)31/h4-7,10-12H,1,8-9H2,2-3H3,(H,35,39)(H,36,40)(H2,32,33,34). The van der Waals surface area contributed by atoms with E-state index < -0.39 is 29.4 Å². The summed E-state index contributed by atoms with van der Waals surface area (Å²) in [6, 6.07) is 8.80. The Kier molecular flexibility index (Phi) is 6.96. The Labute approximate surface area is 235 Å². The van der Waals surface area contributed by atoms with Gasteiger partial charge in [-0.2, -0.15) is 13.2 Å². The summed E-state index contributed by atoms with van der Waals surface area (Å²) >= 11 is 0. The van der Waals surface area contributed by atoms with Crippen LogP contribution in [-0.2, 0) is 4.79 Å². The summed E-state index contributed by atoms with van der Waals surface area (Å²) < 4.78 is 65.7. The Morgan fingerprint density at radius 1 is 1.10 bits per heavy atom. The van der Waals surface area contributed by atoms with Crippen LogP contribution in [0, 0.1) is 0 Å².